The fourth-order valence-corrected chi connectivity index (χ4v) is 3.96. The van der Waals surface area contributed by atoms with Crippen molar-refractivity contribution in [3.05, 3.63) is 35.9 Å². The van der Waals surface area contributed by atoms with Gasteiger partial charge < -0.3 is 15.1 Å². The van der Waals surface area contributed by atoms with Crippen LogP contribution in [-0.4, -0.2) is 59.2 Å². The van der Waals surface area contributed by atoms with Gasteiger partial charge in [0.15, 0.2) is 0 Å². The van der Waals surface area contributed by atoms with Crippen LogP contribution in [0.4, 0.5) is 0 Å². The second kappa shape index (κ2) is 7.94. The Balaban J connectivity index is 1.42. The van der Waals surface area contributed by atoms with Gasteiger partial charge in [0.2, 0.25) is 17.7 Å². The van der Waals surface area contributed by atoms with Crippen LogP contribution in [-0.2, 0) is 20.8 Å². The Morgan fingerprint density at radius 3 is 2.32 bits per heavy atom. The van der Waals surface area contributed by atoms with E-state index in [1.54, 1.807) is 0 Å². The maximum atomic E-state index is 13.3. The minimum absolute atomic E-state index is 0.00937. The van der Waals surface area contributed by atoms with Gasteiger partial charge in [-0.3, -0.25) is 14.4 Å². The highest BCUT2D eigenvalue weighted by Gasteiger charge is 2.39. The second-order valence-corrected chi connectivity index (χ2v) is 8.46. The SMILES string of the molecule is CC1CN(C(=O)C(Cc2ccccc2)NC(=O)C2CC2)CCN1C(=O)C1CC1. The average molecular weight is 383 g/mol. The molecule has 3 amide bonds. The van der Waals surface area contributed by atoms with Crippen LogP contribution in [0.25, 0.3) is 0 Å². The van der Waals surface area contributed by atoms with Gasteiger partial charge in [0.25, 0.3) is 0 Å². The Morgan fingerprint density at radius 1 is 1.04 bits per heavy atom. The Kier molecular flexibility index (Phi) is 5.38. The fourth-order valence-electron chi connectivity index (χ4n) is 3.96. The van der Waals surface area contributed by atoms with E-state index >= 15 is 0 Å². The first kappa shape index (κ1) is 19.0. The molecular formula is C22H29N3O3. The van der Waals surface area contributed by atoms with Crippen LogP contribution in [0.1, 0.15) is 38.2 Å². The van der Waals surface area contributed by atoms with Gasteiger partial charge in [-0.1, -0.05) is 30.3 Å². The molecule has 2 saturated carbocycles. The summed E-state index contributed by atoms with van der Waals surface area (Å²) >= 11 is 0. The molecule has 28 heavy (non-hydrogen) atoms. The largest absolute Gasteiger partial charge is 0.344 e. The Hall–Kier alpha value is -2.37. The molecule has 0 spiro atoms. The Morgan fingerprint density at radius 2 is 1.71 bits per heavy atom. The summed E-state index contributed by atoms with van der Waals surface area (Å²) in [6.45, 7) is 3.65. The summed E-state index contributed by atoms with van der Waals surface area (Å²) in [5, 5.41) is 2.99. The van der Waals surface area contributed by atoms with Crippen LogP contribution in [0.3, 0.4) is 0 Å². The first-order chi connectivity index (χ1) is 13.5. The standard InChI is InChI=1S/C22H29N3O3/c1-15-14-24(11-12-25(15)21(27)18-9-10-18)22(28)19(23-20(26)17-7-8-17)13-16-5-3-2-4-6-16/h2-6,15,17-19H,7-14H2,1H3,(H,23,26). The Bertz CT molecular complexity index is 743. The van der Waals surface area contributed by atoms with Gasteiger partial charge in [-0.15, -0.1) is 0 Å². The van der Waals surface area contributed by atoms with Crippen LogP contribution in [0.5, 0.6) is 0 Å². The third-order valence-electron chi connectivity index (χ3n) is 5.99. The number of piperazine rings is 1. The highest BCUT2D eigenvalue weighted by Crippen LogP contribution is 2.32. The topological polar surface area (TPSA) is 69.7 Å². The molecule has 2 unspecified atom stereocenters. The van der Waals surface area contributed by atoms with Gasteiger partial charge in [0, 0.05) is 43.9 Å². The third kappa shape index (κ3) is 4.37. The lowest BCUT2D eigenvalue weighted by Gasteiger charge is -2.41. The van der Waals surface area contributed by atoms with Crippen molar-refractivity contribution >= 4 is 17.7 Å². The molecule has 6 heteroatoms. The van der Waals surface area contributed by atoms with Gasteiger partial charge in [0.1, 0.15) is 6.04 Å². The predicted octanol–water partition coefficient (Wildman–Crippen LogP) is 1.59. The van der Waals surface area contributed by atoms with Crippen molar-refractivity contribution in [1.82, 2.24) is 15.1 Å². The minimum atomic E-state index is -0.548. The smallest absolute Gasteiger partial charge is 0.245 e. The van der Waals surface area contributed by atoms with Gasteiger partial charge in [-0.05, 0) is 38.2 Å². The molecule has 150 valence electrons. The van der Waals surface area contributed by atoms with E-state index in [1.165, 1.54) is 0 Å². The lowest BCUT2D eigenvalue weighted by Crippen LogP contribution is -2.59. The first-order valence-electron chi connectivity index (χ1n) is 10.5. The van der Waals surface area contributed by atoms with Crippen molar-refractivity contribution in [3.8, 4) is 0 Å². The average Bonchev–Trinajstić information content (AvgIpc) is 3.58. The molecule has 3 fully saturated rings. The number of carbonyl (C=O) groups is 3. The molecule has 2 aliphatic carbocycles. The molecule has 2 atom stereocenters. The zero-order valence-corrected chi connectivity index (χ0v) is 16.5. The lowest BCUT2D eigenvalue weighted by molar-refractivity contribution is -0.145. The molecule has 1 aromatic rings. The number of hydrogen-bond donors (Lipinski definition) is 1. The van der Waals surface area contributed by atoms with Gasteiger partial charge in [-0.25, -0.2) is 0 Å². The van der Waals surface area contributed by atoms with Crippen molar-refractivity contribution in [3.63, 3.8) is 0 Å². The number of nitrogens with one attached hydrogen (secondary N) is 1. The molecule has 1 N–H and O–H groups in total. The normalized spacial score (nSPS) is 23.2. The van der Waals surface area contributed by atoms with Gasteiger partial charge in [0.05, 0.1) is 0 Å². The maximum absolute atomic E-state index is 13.3. The van der Waals surface area contributed by atoms with Gasteiger partial charge in [-0.2, -0.15) is 0 Å². The zero-order valence-electron chi connectivity index (χ0n) is 16.5. The number of carbonyl (C=O) groups excluding carboxylic acids is 3. The van der Waals surface area contributed by atoms with Crippen LogP contribution in [0, 0.1) is 11.8 Å². The molecule has 4 rings (SSSR count). The van der Waals surface area contributed by atoms with Gasteiger partial charge >= 0.3 is 0 Å². The summed E-state index contributed by atoms with van der Waals surface area (Å²) in [6.07, 6.45) is 4.32. The molecule has 1 saturated heterocycles. The monoisotopic (exact) mass is 383 g/mol. The first-order valence-corrected chi connectivity index (χ1v) is 10.5. The Labute approximate surface area is 166 Å². The molecule has 1 aliphatic heterocycles. The lowest BCUT2D eigenvalue weighted by atomic mass is 10.0. The van der Waals surface area contributed by atoms with E-state index in [0.29, 0.717) is 26.1 Å². The second-order valence-electron chi connectivity index (χ2n) is 8.46. The van der Waals surface area contributed by atoms with E-state index in [1.807, 2.05) is 47.1 Å². The van der Waals surface area contributed by atoms with E-state index in [4.69, 9.17) is 0 Å². The highest BCUT2D eigenvalue weighted by molar-refractivity contribution is 5.90. The molecule has 0 bridgehead atoms. The zero-order chi connectivity index (χ0) is 19.7. The predicted molar refractivity (Wildman–Crippen MR) is 105 cm³/mol. The van der Waals surface area contributed by atoms with Crippen molar-refractivity contribution in [2.45, 2.75) is 51.1 Å². The number of hydrogen-bond acceptors (Lipinski definition) is 3. The number of benzene rings is 1. The number of rotatable bonds is 6. The van der Waals surface area contributed by atoms with Crippen LogP contribution >= 0.6 is 0 Å². The quantitative estimate of drug-likeness (QED) is 0.811. The van der Waals surface area contributed by atoms with E-state index in [-0.39, 0.29) is 35.6 Å². The van der Waals surface area contributed by atoms with Crippen molar-refractivity contribution in [2.24, 2.45) is 11.8 Å². The summed E-state index contributed by atoms with van der Waals surface area (Å²) < 4.78 is 0. The van der Waals surface area contributed by atoms with Crippen molar-refractivity contribution < 1.29 is 14.4 Å². The molecule has 3 aliphatic rings. The summed E-state index contributed by atoms with van der Waals surface area (Å²) in [5.74, 6) is 0.460. The van der Waals surface area contributed by atoms with Crippen molar-refractivity contribution in [2.75, 3.05) is 19.6 Å². The summed E-state index contributed by atoms with van der Waals surface area (Å²) in [6, 6.07) is 9.28. The van der Waals surface area contributed by atoms with Crippen LogP contribution in [0.2, 0.25) is 0 Å². The van der Waals surface area contributed by atoms with Crippen LogP contribution in [0.15, 0.2) is 30.3 Å². The molecule has 0 aromatic heterocycles. The molecular weight excluding hydrogens is 354 g/mol. The van der Waals surface area contributed by atoms with E-state index < -0.39 is 6.04 Å². The molecule has 1 heterocycles. The van der Waals surface area contributed by atoms with Crippen LogP contribution < -0.4 is 5.32 Å². The van der Waals surface area contributed by atoms with E-state index in [2.05, 4.69) is 5.32 Å². The molecule has 0 radical (unpaired) electrons. The maximum Gasteiger partial charge on any atom is 0.245 e. The summed E-state index contributed by atoms with van der Waals surface area (Å²) in [4.78, 5) is 41.8. The minimum Gasteiger partial charge on any atom is -0.344 e. The molecule has 1 aromatic carbocycles. The van der Waals surface area contributed by atoms with E-state index in [0.717, 1.165) is 31.2 Å². The summed E-state index contributed by atoms with van der Waals surface area (Å²) in [5.41, 5.74) is 1.03. The molecule has 6 nitrogen and oxygen atoms in total. The van der Waals surface area contributed by atoms with Crippen molar-refractivity contribution in [1.29, 1.82) is 0 Å². The number of nitrogens with zero attached hydrogens (tertiary/aromatic N) is 2. The summed E-state index contributed by atoms with van der Waals surface area (Å²) in [7, 11) is 0. The third-order valence-corrected chi connectivity index (χ3v) is 5.99. The highest BCUT2D eigenvalue weighted by atomic mass is 16.2. The van der Waals surface area contributed by atoms with E-state index in [9.17, 15) is 14.4 Å². The number of amides is 3. The fraction of sp³-hybridized carbons (Fsp3) is 0.591.